The van der Waals surface area contributed by atoms with Crippen LogP contribution in [0.25, 0.3) is 11.2 Å². The van der Waals surface area contributed by atoms with E-state index in [1.54, 1.807) is 11.6 Å². The van der Waals surface area contributed by atoms with Gasteiger partial charge in [0.25, 0.3) is 5.56 Å². The summed E-state index contributed by atoms with van der Waals surface area (Å²) in [6.45, 7) is 0.608. The normalized spacial score (nSPS) is 17.3. The third-order valence-corrected chi connectivity index (χ3v) is 4.68. The zero-order chi connectivity index (χ0) is 17.0. The van der Waals surface area contributed by atoms with Crippen LogP contribution in [0.5, 0.6) is 0 Å². The summed E-state index contributed by atoms with van der Waals surface area (Å²) < 4.78 is 3.90. The number of imidazole rings is 1. The van der Waals surface area contributed by atoms with Gasteiger partial charge in [-0.25, -0.2) is 4.79 Å². The monoisotopic (exact) mass is 391 g/mol. The average Bonchev–Trinajstić information content (AvgIpc) is 2.92. The largest absolute Gasteiger partial charge is 0.389 e. The van der Waals surface area contributed by atoms with Gasteiger partial charge in [-0.2, -0.15) is 4.98 Å². The molecule has 1 aliphatic rings. The standard InChI is InChI=1S/C15H14BrN5O3/c1-19-12-11(13(23)18-15(19)24)21-7-10(22)6-20(14(21)17-12)9-4-2-8(16)3-5-9/h2-5,10,22H,6-7H2,1H3,(H,18,23,24)/t10-/m1/s1. The van der Waals surface area contributed by atoms with E-state index in [9.17, 15) is 14.7 Å². The molecule has 0 fully saturated rings. The number of rotatable bonds is 1. The quantitative estimate of drug-likeness (QED) is 0.636. The highest BCUT2D eigenvalue weighted by atomic mass is 79.9. The molecule has 0 saturated heterocycles. The summed E-state index contributed by atoms with van der Waals surface area (Å²) in [5.41, 5.74) is 0.410. The number of benzene rings is 1. The fraction of sp³-hybridized carbons (Fsp3) is 0.267. The van der Waals surface area contributed by atoms with Gasteiger partial charge in [0.15, 0.2) is 11.2 Å². The maximum absolute atomic E-state index is 12.2. The summed E-state index contributed by atoms with van der Waals surface area (Å²) in [4.78, 5) is 32.7. The highest BCUT2D eigenvalue weighted by Gasteiger charge is 2.29. The third kappa shape index (κ3) is 2.20. The number of aryl methyl sites for hydroxylation is 1. The molecule has 24 heavy (non-hydrogen) atoms. The maximum atomic E-state index is 12.2. The fourth-order valence-corrected chi connectivity index (χ4v) is 3.27. The molecule has 124 valence electrons. The van der Waals surface area contributed by atoms with Gasteiger partial charge in [-0.1, -0.05) is 15.9 Å². The molecule has 0 amide bonds. The molecule has 8 nitrogen and oxygen atoms in total. The van der Waals surface area contributed by atoms with E-state index in [1.165, 1.54) is 4.57 Å². The Balaban J connectivity index is 2.00. The average molecular weight is 392 g/mol. The van der Waals surface area contributed by atoms with Gasteiger partial charge in [0.05, 0.1) is 19.2 Å². The molecular formula is C15H14BrN5O3. The topological polar surface area (TPSA) is 96.2 Å². The van der Waals surface area contributed by atoms with Crippen LogP contribution in [0.4, 0.5) is 11.6 Å². The number of H-pyrrole nitrogens is 1. The van der Waals surface area contributed by atoms with Crippen molar-refractivity contribution < 1.29 is 5.11 Å². The van der Waals surface area contributed by atoms with Crippen LogP contribution in [0.1, 0.15) is 0 Å². The number of aliphatic hydroxyl groups excluding tert-OH is 1. The fourth-order valence-electron chi connectivity index (χ4n) is 3.00. The molecule has 9 heteroatoms. The molecule has 1 aromatic carbocycles. The van der Waals surface area contributed by atoms with E-state index in [-0.39, 0.29) is 12.1 Å². The van der Waals surface area contributed by atoms with Crippen LogP contribution < -0.4 is 16.1 Å². The van der Waals surface area contributed by atoms with E-state index < -0.39 is 17.4 Å². The molecule has 3 heterocycles. The molecule has 0 saturated carbocycles. The lowest BCUT2D eigenvalue weighted by Gasteiger charge is -2.32. The van der Waals surface area contributed by atoms with E-state index >= 15 is 0 Å². The molecule has 3 aromatic rings. The molecule has 0 radical (unpaired) electrons. The number of β-amino-alcohol motifs (C(OH)–C–C–N with tert-alkyl or cyclic N) is 1. The van der Waals surface area contributed by atoms with Crippen LogP contribution in [-0.2, 0) is 13.6 Å². The Labute approximate surface area is 144 Å². The summed E-state index contributed by atoms with van der Waals surface area (Å²) in [6.07, 6.45) is -0.657. The first-order valence-corrected chi connectivity index (χ1v) is 8.15. The summed E-state index contributed by atoms with van der Waals surface area (Å²) >= 11 is 3.40. The minimum Gasteiger partial charge on any atom is -0.389 e. The highest BCUT2D eigenvalue weighted by Crippen LogP contribution is 2.31. The molecule has 1 aliphatic heterocycles. The molecule has 1 atom stereocenters. The summed E-state index contributed by atoms with van der Waals surface area (Å²) in [5.74, 6) is 0.532. The second-order valence-corrected chi connectivity index (χ2v) is 6.67. The summed E-state index contributed by atoms with van der Waals surface area (Å²) in [7, 11) is 1.56. The zero-order valence-electron chi connectivity index (χ0n) is 12.7. The molecular weight excluding hydrogens is 378 g/mol. The highest BCUT2D eigenvalue weighted by molar-refractivity contribution is 9.10. The van der Waals surface area contributed by atoms with E-state index in [0.717, 1.165) is 10.2 Å². The van der Waals surface area contributed by atoms with Crippen molar-refractivity contribution in [1.29, 1.82) is 0 Å². The minimum atomic E-state index is -0.657. The Morgan fingerprint density at radius 3 is 2.67 bits per heavy atom. The Kier molecular flexibility index (Phi) is 3.36. The van der Waals surface area contributed by atoms with Crippen LogP contribution in [0.2, 0.25) is 0 Å². The van der Waals surface area contributed by atoms with Crippen molar-refractivity contribution in [2.75, 3.05) is 11.4 Å². The Morgan fingerprint density at radius 2 is 1.96 bits per heavy atom. The number of aliphatic hydroxyl groups is 1. The van der Waals surface area contributed by atoms with Gasteiger partial charge in [0.1, 0.15) is 0 Å². The van der Waals surface area contributed by atoms with Crippen molar-refractivity contribution in [2.45, 2.75) is 12.6 Å². The second kappa shape index (κ2) is 5.32. The van der Waals surface area contributed by atoms with E-state index in [1.807, 2.05) is 29.2 Å². The first-order valence-electron chi connectivity index (χ1n) is 7.36. The SMILES string of the molecule is Cn1c(=O)[nH]c(=O)c2c1nc1n2C[C@H](O)CN1c1ccc(Br)cc1. The maximum Gasteiger partial charge on any atom is 0.329 e. The third-order valence-electron chi connectivity index (χ3n) is 4.15. The van der Waals surface area contributed by atoms with Crippen LogP contribution in [0.15, 0.2) is 38.3 Å². The van der Waals surface area contributed by atoms with Gasteiger partial charge in [-0.3, -0.25) is 14.3 Å². The van der Waals surface area contributed by atoms with E-state index in [4.69, 9.17) is 0 Å². The Bertz CT molecular complexity index is 1050. The van der Waals surface area contributed by atoms with Crippen LogP contribution in [0, 0.1) is 0 Å². The van der Waals surface area contributed by atoms with Gasteiger partial charge in [-0.15, -0.1) is 0 Å². The van der Waals surface area contributed by atoms with Crippen molar-refractivity contribution in [1.82, 2.24) is 19.1 Å². The smallest absolute Gasteiger partial charge is 0.329 e. The van der Waals surface area contributed by atoms with Crippen LogP contribution >= 0.6 is 15.9 Å². The molecule has 0 aliphatic carbocycles. The van der Waals surface area contributed by atoms with Crippen molar-refractivity contribution in [3.63, 3.8) is 0 Å². The zero-order valence-corrected chi connectivity index (χ0v) is 14.3. The molecule has 0 spiro atoms. The minimum absolute atomic E-state index is 0.250. The van der Waals surface area contributed by atoms with Crippen molar-refractivity contribution in [3.8, 4) is 0 Å². The number of nitrogens with one attached hydrogen (secondary N) is 1. The van der Waals surface area contributed by atoms with Gasteiger partial charge < -0.3 is 14.6 Å². The van der Waals surface area contributed by atoms with Gasteiger partial charge in [-0.05, 0) is 24.3 Å². The second-order valence-electron chi connectivity index (χ2n) is 5.75. The predicted octanol–water partition coefficient (Wildman–Crippen LogP) is 0.698. The number of fused-ring (bicyclic) bond motifs is 3. The number of nitrogens with zero attached hydrogens (tertiary/aromatic N) is 4. The molecule has 0 unspecified atom stereocenters. The summed E-state index contributed by atoms with van der Waals surface area (Å²) in [6, 6.07) is 7.59. The number of anilines is 2. The summed E-state index contributed by atoms with van der Waals surface area (Å²) in [5, 5.41) is 10.3. The van der Waals surface area contributed by atoms with Crippen molar-refractivity contribution in [3.05, 3.63) is 49.6 Å². The molecule has 0 bridgehead atoms. The number of halogens is 1. The van der Waals surface area contributed by atoms with Crippen LogP contribution in [-0.4, -0.2) is 36.9 Å². The van der Waals surface area contributed by atoms with Gasteiger partial charge in [0.2, 0.25) is 5.95 Å². The number of hydrogen-bond acceptors (Lipinski definition) is 5. The first kappa shape index (κ1) is 15.2. The van der Waals surface area contributed by atoms with Crippen molar-refractivity contribution >= 4 is 38.7 Å². The lowest BCUT2D eigenvalue weighted by Crippen LogP contribution is -2.39. The van der Waals surface area contributed by atoms with E-state index in [2.05, 4.69) is 25.9 Å². The number of hydrogen-bond donors (Lipinski definition) is 2. The number of aromatic nitrogens is 4. The lowest BCUT2D eigenvalue weighted by molar-refractivity contribution is 0.154. The van der Waals surface area contributed by atoms with Gasteiger partial charge >= 0.3 is 5.69 Å². The lowest BCUT2D eigenvalue weighted by atomic mass is 10.2. The van der Waals surface area contributed by atoms with Crippen LogP contribution in [0.3, 0.4) is 0 Å². The van der Waals surface area contributed by atoms with E-state index in [0.29, 0.717) is 18.1 Å². The number of aromatic amines is 1. The van der Waals surface area contributed by atoms with Crippen molar-refractivity contribution in [2.24, 2.45) is 7.05 Å². The Morgan fingerprint density at radius 1 is 1.25 bits per heavy atom. The first-order chi connectivity index (χ1) is 11.5. The molecule has 2 N–H and O–H groups in total. The Hall–Kier alpha value is -2.39. The molecule has 4 rings (SSSR count). The van der Waals surface area contributed by atoms with Gasteiger partial charge in [0, 0.05) is 17.2 Å². The predicted molar refractivity (Wildman–Crippen MR) is 92.7 cm³/mol. The molecule has 2 aromatic heterocycles.